The van der Waals surface area contributed by atoms with Crippen molar-refractivity contribution >= 4 is 35.3 Å². The van der Waals surface area contributed by atoms with Crippen molar-refractivity contribution in [1.82, 2.24) is 4.90 Å². The number of hydrogen-bond donors (Lipinski definition) is 0. The molecule has 164 valence electrons. The number of likely N-dealkylation sites (tertiary alicyclic amines) is 1. The van der Waals surface area contributed by atoms with Crippen molar-refractivity contribution in [1.29, 1.82) is 0 Å². The number of carbonyl (C=O) groups excluding carboxylic acids is 3. The van der Waals surface area contributed by atoms with Crippen LogP contribution in [0.1, 0.15) is 28.8 Å². The number of nitrogens with zero attached hydrogens (tertiary/aromatic N) is 2. The van der Waals surface area contributed by atoms with Gasteiger partial charge in [-0.3, -0.25) is 4.79 Å². The molecule has 0 radical (unpaired) electrons. The molecule has 0 saturated carbocycles. The van der Waals surface area contributed by atoms with E-state index >= 15 is 0 Å². The van der Waals surface area contributed by atoms with Gasteiger partial charge in [-0.1, -0.05) is 30.3 Å². The number of piperidine rings is 1. The SMILES string of the molecule is COC(=O)c1ccc(N(C(=O)CCl)C2CCN(C(=O)OCc3ccccc3)CC2)cc1. The summed E-state index contributed by atoms with van der Waals surface area (Å²) in [7, 11) is 1.32. The van der Waals surface area contributed by atoms with Gasteiger partial charge >= 0.3 is 12.1 Å². The zero-order valence-electron chi connectivity index (χ0n) is 17.3. The Morgan fingerprint density at radius 2 is 1.68 bits per heavy atom. The number of anilines is 1. The Morgan fingerprint density at radius 3 is 2.26 bits per heavy atom. The predicted octanol–water partition coefficient (Wildman–Crippen LogP) is 3.85. The van der Waals surface area contributed by atoms with Crippen LogP contribution in [0, 0.1) is 0 Å². The molecule has 0 atom stereocenters. The van der Waals surface area contributed by atoms with Crippen molar-refractivity contribution in [3.63, 3.8) is 0 Å². The molecule has 2 aromatic rings. The van der Waals surface area contributed by atoms with Gasteiger partial charge in [0, 0.05) is 24.8 Å². The molecular formula is C23H25ClN2O5. The van der Waals surface area contributed by atoms with Crippen LogP contribution in [0.4, 0.5) is 10.5 Å². The quantitative estimate of drug-likeness (QED) is 0.499. The molecule has 0 spiro atoms. The number of amides is 2. The highest BCUT2D eigenvalue weighted by atomic mass is 35.5. The molecule has 0 aromatic heterocycles. The van der Waals surface area contributed by atoms with Crippen LogP contribution in [0.2, 0.25) is 0 Å². The van der Waals surface area contributed by atoms with Gasteiger partial charge in [-0.15, -0.1) is 11.6 Å². The van der Waals surface area contributed by atoms with E-state index in [0.29, 0.717) is 37.2 Å². The van der Waals surface area contributed by atoms with E-state index < -0.39 is 5.97 Å². The first kappa shape index (κ1) is 22.6. The third kappa shape index (κ3) is 5.76. The zero-order chi connectivity index (χ0) is 22.2. The van der Waals surface area contributed by atoms with E-state index in [9.17, 15) is 14.4 Å². The molecule has 2 amide bonds. The molecule has 1 saturated heterocycles. The Balaban J connectivity index is 1.61. The van der Waals surface area contributed by atoms with Crippen LogP contribution in [-0.4, -0.2) is 55.0 Å². The second-order valence-electron chi connectivity index (χ2n) is 7.19. The van der Waals surface area contributed by atoms with Gasteiger partial charge in [-0.05, 0) is 42.7 Å². The number of esters is 1. The van der Waals surface area contributed by atoms with E-state index in [4.69, 9.17) is 21.1 Å². The largest absolute Gasteiger partial charge is 0.465 e. The predicted molar refractivity (Wildman–Crippen MR) is 117 cm³/mol. The molecule has 1 heterocycles. The maximum absolute atomic E-state index is 12.6. The minimum atomic E-state index is -0.441. The lowest BCUT2D eigenvalue weighted by Gasteiger charge is -2.38. The van der Waals surface area contributed by atoms with E-state index in [1.807, 2.05) is 30.3 Å². The number of ether oxygens (including phenoxy) is 2. The van der Waals surface area contributed by atoms with Crippen molar-refractivity contribution in [2.75, 3.05) is 31.0 Å². The van der Waals surface area contributed by atoms with E-state index in [1.54, 1.807) is 34.1 Å². The number of alkyl halides is 1. The number of rotatable bonds is 6. The number of methoxy groups -OCH3 is 1. The molecule has 0 aliphatic carbocycles. The maximum Gasteiger partial charge on any atom is 0.410 e. The Hall–Kier alpha value is -3.06. The maximum atomic E-state index is 12.6. The summed E-state index contributed by atoms with van der Waals surface area (Å²) in [5.74, 6) is -0.820. The van der Waals surface area contributed by atoms with Gasteiger partial charge in [-0.25, -0.2) is 9.59 Å². The standard InChI is InChI=1S/C23H25ClN2O5/c1-30-22(28)18-7-9-19(10-8-18)26(21(27)15-24)20-11-13-25(14-12-20)23(29)31-16-17-5-3-2-4-6-17/h2-10,20H,11-16H2,1H3. The first-order valence-corrected chi connectivity index (χ1v) is 10.6. The molecule has 0 unspecified atom stereocenters. The highest BCUT2D eigenvalue weighted by molar-refractivity contribution is 6.29. The van der Waals surface area contributed by atoms with E-state index in [0.717, 1.165) is 5.56 Å². The van der Waals surface area contributed by atoms with Crippen molar-refractivity contribution < 1.29 is 23.9 Å². The second-order valence-corrected chi connectivity index (χ2v) is 7.46. The minimum absolute atomic E-state index is 0.103. The molecule has 8 heteroatoms. The molecule has 1 aliphatic rings. The number of hydrogen-bond acceptors (Lipinski definition) is 5. The molecule has 0 bridgehead atoms. The van der Waals surface area contributed by atoms with Crippen molar-refractivity contribution in [2.45, 2.75) is 25.5 Å². The van der Waals surface area contributed by atoms with Crippen LogP contribution >= 0.6 is 11.6 Å². The smallest absolute Gasteiger partial charge is 0.410 e. The van der Waals surface area contributed by atoms with Crippen LogP contribution < -0.4 is 4.90 Å². The summed E-state index contributed by atoms with van der Waals surface area (Å²) in [6.07, 6.45) is 0.837. The van der Waals surface area contributed by atoms with Gasteiger partial charge in [0.2, 0.25) is 5.91 Å². The third-order valence-electron chi connectivity index (χ3n) is 5.24. The van der Waals surface area contributed by atoms with Crippen molar-refractivity contribution in [3.05, 3.63) is 65.7 Å². The van der Waals surface area contributed by atoms with Crippen LogP contribution in [-0.2, 0) is 20.9 Å². The van der Waals surface area contributed by atoms with E-state index in [1.165, 1.54) is 7.11 Å². The fourth-order valence-corrected chi connectivity index (χ4v) is 3.74. The molecule has 1 fully saturated rings. The fraction of sp³-hybridized carbons (Fsp3) is 0.348. The topological polar surface area (TPSA) is 76.2 Å². The summed E-state index contributed by atoms with van der Waals surface area (Å²) in [4.78, 5) is 39.9. The summed E-state index contributed by atoms with van der Waals surface area (Å²) in [5.41, 5.74) is 1.99. The summed E-state index contributed by atoms with van der Waals surface area (Å²) >= 11 is 5.85. The van der Waals surface area contributed by atoms with Crippen molar-refractivity contribution in [3.8, 4) is 0 Å². The second kappa shape index (κ2) is 10.8. The highest BCUT2D eigenvalue weighted by Gasteiger charge is 2.31. The van der Waals surface area contributed by atoms with E-state index in [-0.39, 0.29) is 30.5 Å². The Bertz CT molecular complexity index is 896. The molecule has 2 aromatic carbocycles. The summed E-state index contributed by atoms with van der Waals surface area (Å²) in [5, 5.41) is 0. The lowest BCUT2D eigenvalue weighted by atomic mass is 10.0. The van der Waals surface area contributed by atoms with Gasteiger partial charge in [0.1, 0.15) is 12.5 Å². The minimum Gasteiger partial charge on any atom is -0.465 e. The van der Waals surface area contributed by atoms with Gasteiger partial charge in [0.05, 0.1) is 12.7 Å². The Labute approximate surface area is 186 Å². The van der Waals surface area contributed by atoms with Crippen LogP contribution in [0.25, 0.3) is 0 Å². The number of carbonyl (C=O) groups is 3. The monoisotopic (exact) mass is 444 g/mol. The average Bonchev–Trinajstić information content (AvgIpc) is 2.83. The molecule has 0 N–H and O–H groups in total. The normalized spacial score (nSPS) is 14.1. The van der Waals surface area contributed by atoms with Gasteiger partial charge in [-0.2, -0.15) is 0 Å². The summed E-state index contributed by atoms with van der Waals surface area (Å²) < 4.78 is 10.1. The zero-order valence-corrected chi connectivity index (χ0v) is 18.1. The molecule has 31 heavy (non-hydrogen) atoms. The van der Waals surface area contributed by atoms with Crippen LogP contribution in [0.5, 0.6) is 0 Å². The fourth-order valence-electron chi connectivity index (χ4n) is 3.62. The van der Waals surface area contributed by atoms with Gasteiger partial charge in [0.25, 0.3) is 0 Å². The first-order valence-electron chi connectivity index (χ1n) is 10.1. The molecule has 1 aliphatic heterocycles. The van der Waals surface area contributed by atoms with Crippen molar-refractivity contribution in [2.24, 2.45) is 0 Å². The summed E-state index contributed by atoms with van der Waals surface area (Å²) in [6.45, 7) is 1.18. The Kier molecular flexibility index (Phi) is 7.89. The average molecular weight is 445 g/mol. The van der Waals surface area contributed by atoms with Crippen LogP contribution in [0.15, 0.2) is 54.6 Å². The molecule has 3 rings (SSSR count). The highest BCUT2D eigenvalue weighted by Crippen LogP contribution is 2.25. The summed E-state index contributed by atoms with van der Waals surface area (Å²) in [6, 6.07) is 16.1. The lowest BCUT2D eigenvalue weighted by molar-refractivity contribution is -0.116. The van der Waals surface area contributed by atoms with E-state index in [2.05, 4.69) is 0 Å². The number of benzene rings is 2. The third-order valence-corrected chi connectivity index (χ3v) is 5.47. The lowest BCUT2D eigenvalue weighted by Crippen LogP contribution is -2.49. The number of halogens is 1. The van der Waals surface area contributed by atoms with Gasteiger partial charge < -0.3 is 19.3 Å². The molecular weight excluding hydrogens is 420 g/mol. The Morgan fingerprint density at radius 1 is 1.03 bits per heavy atom. The first-order chi connectivity index (χ1) is 15.0. The van der Waals surface area contributed by atoms with Gasteiger partial charge in [0.15, 0.2) is 0 Å². The van der Waals surface area contributed by atoms with Crippen LogP contribution in [0.3, 0.4) is 0 Å². The molecule has 7 nitrogen and oxygen atoms in total.